The second-order valence-corrected chi connectivity index (χ2v) is 7.73. The molecule has 2 atom stereocenters. The van der Waals surface area contributed by atoms with Crippen LogP contribution in [-0.4, -0.2) is 52.8 Å². The van der Waals surface area contributed by atoms with Crippen molar-refractivity contribution in [3.63, 3.8) is 0 Å². The zero-order valence-corrected chi connectivity index (χ0v) is 18.9. The van der Waals surface area contributed by atoms with Crippen LogP contribution in [0.4, 0.5) is 4.39 Å². The van der Waals surface area contributed by atoms with Crippen molar-refractivity contribution in [2.45, 2.75) is 24.3 Å². The van der Waals surface area contributed by atoms with Crippen LogP contribution in [0.15, 0.2) is 52.9 Å². The van der Waals surface area contributed by atoms with E-state index in [2.05, 4.69) is 31.7 Å². The Morgan fingerprint density at radius 1 is 1.37 bits per heavy atom. The number of nitrogens with one attached hydrogen (secondary N) is 1. The summed E-state index contributed by atoms with van der Waals surface area (Å²) in [6.07, 6.45) is 6.92. The molecule has 1 fully saturated rings. The van der Waals surface area contributed by atoms with Gasteiger partial charge in [-0.15, -0.1) is 35.7 Å². The van der Waals surface area contributed by atoms with Crippen molar-refractivity contribution in [2.24, 2.45) is 10.9 Å². The Labute approximate surface area is 181 Å². The SMILES string of the molecule is CN=C(NCCSc1ccc(F)cc1)N1CCC(C)C(n2ccnc2)C1.I. The van der Waals surface area contributed by atoms with Crippen molar-refractivity contribution < 1.29 is 4.39 Å². The molecule has 1 saturated heterocycles. The van der Waals surface area contributed by atoms with E-state index in [1.807, 2.05) is 37.9 Å². The van der Waals surface area contributed by atoms with Gasteiger partial charge in [0.25, 0.3) is 0 Å². The molecule has 2 aromatic rings. The largest absolute Gasteiger partial charge is 0.355 e. The van der Waals surface area contributed by atoms with Gasteiger partial charge in [-0.25, -0.2) is 9.37 Å². The Morgan fingerprint density at radius 2 is 2.15 bits per heavy atom. The smallest absolute Gasteiger partial charge is 0.193 e. The summed E-state index contributed by atoms with van der Waals surface area (Å²) in [6, 6.07) is 7.05. The molecule has 148 valence electrons. The Bertz CT molecular complexity index is 707. The normalized spacial score (nSPS) is 20.3. The van der Waals surface area contributed by atoms with Crippen LogP contribution in [0.2, 0.25) is 0 Å². The summed E-state index contributed by atoms with van der Waals surface area (Å²) in [5.41, 5.74) is 0. The van der Waals surface area contributed by atoms with Crippen molar-refractivity contribution in [3.8, 4) is 0 Å². The standard InChI is InChI=1S/C19H26FN5S.HI/c1-15-7-10-24(13-18(15)25-11-8-22-14-25)19(21-2)23-9-12-26-17-5-3-16(20)4-6-17;/h3-6,8,11,14-15,18H,7,9-10,12-13H2,1-2H3,(H,21,23);1H. The zero-order valence-electron chi connectivity index (χ0n) is 15.7. The van der Waals surface area contributed by atoms with E-state index in [1.54, 1.807) is 11.8 Å². The van der Waals surface area contributed by atoms with Gasteiger partial charge in [-0.1, -0.05) is 6.92 Å². The molecule has 0 radical (unpaired) electrons. The average Bonchev–Trinajstić information content (AvgIpc) is 3.18. The van der Waals surface area contributed by atoms with E-state index >= 15 is 0 Å². The number of piperidine rings is 1. The molecule has 8 heteroatoms. The van der Waals surface area contributed by atoms with E-state index in [9.17, 15) is 4.39 Å². The highest BCUT2D eigenvalue weighted by molar-refractivity contribution is 14.0. The van der Waals surface area contributed by atoms with Gasteiger partial charge in [0.15, 0.2) is 5.96 Å². The van der Waals surface area contributed by atoms with Gasteiger partial charge in [0, 0.05) is 49.7 Å². The quantitative estimate of drug-likeness (QED) is 0.221. The summed E-state index contributed by atoms with van der Waals surface area (Å²) in [4.78, 5) is 12.1. The minimum Gasteiger partial charge on any atom is -0.355 e. The summed E-state index contributed by atoms with van der Waals surface area (Å²) in [5.74, 6) is 2.27. The van der Waals surface area contributed by atoms with Crippen molar-refractivity contribution in [3.05, 3.63) is 48.8 Å². The average molecular weight is 503 g/mol. The topological polar surface area (TPSA) is 45.5 Å². The van der Waals surface area contributed by atoms with Gasteiger partial charge >= 0.3 is 0 Å². The van der Waals surface area contributed by atoms with Gasteiger partial charge in [0.1, 0.15) is 5.82 Å². The van der Waals surface area contributed by atoms with Crippen molar-refractivity contribution in [1.29, 1.82) is 0 Å². The van der Waals surface area contributed by atoms with Crippen LogP contribution < -0.4 is 5.32 Å². The van der Waals surface area contributed by atoms with Gasteiger partial charge in [0.2, 0.25) is 0 Å². The number of aromatic nitrogens is 2. The Morgan fingerprint density at radius 3 is 2.81 bits per heavy atom. The maximum absolute atomic E-state index is 12.9. The highest BCUT2D eigenvalue weighted by Crippen LogP contribution is 2.27. The molecule has 0 bridgehead atoms. The Balaban J connectivity index is 0.00000261. The number of nitrogens with zero attached hydrogens (tertiary/aromatic N) is 4. The lowest BCUT2D eigenvalue weighted by molar-refractivity contribution is 0.189. The second-order valence-electron chi connectivity index (χ2n) is 6.57. The first kappa shape index (κ1) is 22.0. The van der Waals surface area contributed by atoms with Crippen LogP contribution in [0.25, 0.3) is 0 Å². The van der Waals surface area contributed by atoms with E-state index in [-0.39, 0.29) is 29.8 Å². The summed E-state index contributed by atoms with van der Waals surface area (Å²) in [7, 11) is 1.83. The van der Waals surface area contributed by atoms with Crippen LogP contribution in [0.1, 0.15) is 19.4 Å². The zero-order chi connectivity index (χ0) is 18.4. The maximum Gasteiger partial charge on any atom is 0.193 e. The van der Waals surface area contributed by atoms with E-state index < -0.39 is 0 Å². The number of thioether (sulfide) groups is 1. The van der Waals surface area contributed by atoms with Crippen LogP contribution in [0, 0.1) is 11.7 Å². The molecule has 27 heavy (non-hydrogen) atoms. The lowest BCUT2D eigenvalue weighted by Gasteiger charge is -2.39. The fourth-order valence-electron chi connectivity index (χ4n) is 3.29. The van der Waals surface area contributed by atoms with Crippen molar-refractivity contribution >= 4 is 41.7 Å². The molecule has 5 nitrogen and oxygen atoms in total. The van der Waals surface area contributed by atoms with Gasteiger partial charge < -0.3 is 14.8 Å². The van der Waals surface area contributed by atoms with Crippen LogP contribution in [0.3, 0.4) is 0 Å². The summed E-state index contributed by atoms with van der Waals surface area (Å²) in [5, 5.41) is 3.46. The molecule has 0 amide bonds. The Hall–Kier alpha value is -1.29. The molecule has 1 aromatic heterocycles. The molecule has 2 heterocycles. The number of hydrogen-bond donors (Lipinski definition) is 1. The lowest BCUT2D eigenvalue weighted by Crippen LogP contribution is -2.49. The first-order valence-corrected chi connectivity index (χ1v) is 9.97. The van der Waals surface area contributed by atoms with E-state index in [0.29, 0.717) is 12.0 Å². The number of rotatable bonds is 5. The molecule has 1 N–H and O–H groups in total. The van der Waals surface area contributed by atoms with Crippen LogP contribution in [-0.2, 0) is 0 Å². The number of imidazole rings is 1. The molecule has 3 rings (SSSR count). The van der Waals surface area contributed by atoms with Crippen molar-refractivity contribution in [1.82, 2.24) is 19.8 Å². The van der Waals surface area contributed by atoms with Gasteiger partial charge in [-0.3, -0.25) is 4.99 Å². The fraction of sp³-hybridized carbons (Fsp3) is 0.474. The molecule has 0 spiro atoms. The second kappa shape index (κ2) is 10.9. The molecule has 1 aliphatic heterocycles. The molecule has 0 saturated carbocycles. The number of hydrogen-bond acceptors (Lipinski definition) is 3. The maximum atomic E-state index is 12.9. The molecular formula is C19H27FIN5S. The lowest BCUT2D eigenvalue weighted by atomic mass is 9.93. The van der Waals surface area contributed by atoms with Crippen LogP contribution >= 0.6 is 35.7 Å². The first-order valence-electron chi connectivity index (χ1n) is 8.99. The van der Waals surface area contributed by atoms with Crippen molar-refractivity contribution in [2.75, 3.05) is 32.4 Å². The minimum atomic E-state index is -0.195. The third kappa shape index (κ3) is 6.10. The molecule has 0 aliphatic carbocycles. The molecule has 2 unspecified atom stereocenters. The number of benzene rings is 1. The van der Waals surface area contributed by atoms with Gasteiger partial charge in [-0.05, 0) is 36.6 Å². The highest BCUT2D eigenvalue weighted by atomic mass is 127. The summed E-state index contributed by atoms with van der Waals surface area (Å²) >= 11 is 1.71. The van der Waals surface area contributed by atoms with Gasteiger partial charge in [-0.2, -0.15) is 0 Å². The van der Waals surface area contributed by atoms with E-state index in [0.717, 1.165) is 42.7 Å². The predicted octanol–water partition coefficient (Wildman–Crippen LogP) is 3.89. The predicted molar refractivity (Wildman–Crippen MR) is 121 cm³/mol. The summed E-state index contributed by atoms with van der Waals surface area (Å²) in [6.45, 7) is 5.06. The molecular weight excluding hydrogens is 476 g/mol. The number of guanidine groups is 1. The number of halogens is 2. The van der Waals surface area contributed by atoms with E-state index in [1.165, 1.54) is 12.1 Å². The number of likely N-dealkylation sites (tertiary alicyclic amines) is 1. The fourth-order valence-corrected chi connectivity index (χ4v) is 4.06. The summed E-state index contributed by atoms with van der Waals surface area (Å²) < 4.78 is 15.1. The monoisotopic (exact) mass is 503 g/mol. The molecule has 1 aromatic carbocycles. The van der Waals surface area contributed by atoms with E-state index in [4.69, 9.17) is 0 Å². The van der Waals surface area contributed by atoms with Gasteiger partial charge in [0.05, 0.1) is 12.4 Å². The Kier molecular flexibility index (Phi) is 8.88. The molecule has 1 aliphatic rings. The number of aliphatic imine (C=N–C) groups is 1. The van der Waals surface area contributed by atoms with Crippen LogP contribution in [0.5, 0.6) is 0 Å². The minimum absolute atomic E-state index is 0. The highest BCUT2D eigenvalue weighted by Gasteiger charge is 2.28. The first-order chi connectivity index (χ1) is 12.7. The third-order valence-electron chi connectivity index (χ3n) is 4.81. The third-order valence-corrected chi connectivity index (χ3v) is 5.82.